The van der Waals surface area contributed by atoms with E-state index in [0.717, 1.165) is 11.1 Å². The van der Waals surface area contributed by atoms with E-state index in [1.807, 2.05) is 60.7 Å². The van der Waals surface area contributed by atoms with Crippen molar-refractivity contribution in [2.24, 2.45) is 0 Å². The average Bonchev–Trinajstić information content (AvgIpc) is 3.05. The van der Waals surface area contributed by atoms with Crippen molar-refractivity contribution in [2.75, 3.05) is 19.0 Å². The maximum atomic E-state index is 12.4. The molecule has 0 N–H and O–H groups in total. The third-order valence-electron chi connectivity index (χ3n) is 3.94. The van der Waals surface area contributed by atoms with Crippen LogP contribution in [0.4, 0.5) is 0 Å². The third kappa shape index (κ3) is 3.99. The molecule has 1 heterocycles. The molecule has 0 bridgehead atoms. The Morgan fingerprint density at radius 1 is 0.870 bits per heavy atom. The van der Waals surface area contributed by atoms with Crippen LogP contribution in [0.25, 0.3) is 0 Å². The summed E-state index contributed by atoms with van der Waals surface area (Å²) in [6.07, 6.45) is 0.298. The lowest BCUT2D eigenvalue weighted by atomic mass is 10.0. The van der Waals surface area contributed by atoms with Gasteiger partial charge in [-0.25, -0.2) is 8.42 Å². The van der Waals surface area contributed by atoms with E-state index in [-0.39, 0.29) is 11.5 Å². The van der Waals surface area contributed by atoms with Gasteiger partial charge in [-0.3, -0.25) is 0 Å². The maximum Gasteiger partial charge on any atom is 0.195 e. The molecule has 0 amide bonds. The van der Waals surface area contributed by atoms with E-state index in [4.69, 9.17) is 9.47 Å². The van der Waals surface area contributed by atoms with E-state index >= 15 is 0 Å². The van der Waals surface area contributed by atoms with Gasteiger partial charge in [0.25, 0.3) is 0 Å². The Balaban J connectivity index is 1.72. The summed E-state index contributed by atoms with van der Waals surface area (Å²) in [5, 5.41) is 0. The number of rotatable bonds is 6. The van der Waals surface area contributed by atoms with Crippen LogP contribution >= 0.6 is 0 Å². The predicted molar refractivity (Wildman–Crippen MR) is 88.6 cm³/mol. The molecule has 122 valence electrons. The molecule has 0 aromatic heterocycles. The molecule has 3 rings (SSSR count). The van der Waals surface area contributed by atoms with Gasteiger partial charge in [-0.1, -0.05) is 60.7 Å². The molecular weight excluding hydrogens is 312 g/mol. The zero-order valence-corrected chi connectivity index (χ0v) is 13.7. The Bertz CT molecular complexity index is 720. The molecule has 1 saturated heterocycles. The van der Waals surface area contributed by atoms with Crippen molar-refractivity contribution in [3.63, 3.8) is 0 Å². The van der Waals surface area contributed by atoms with E-state index < -0.39 is 15.6 Å². The topological polar surface area (TPSA) is 52.6 Å². The van der Waals surface area contributed by atoms with Gasteiger partial charge in [-0.15, -0.1) is 0 Å². The zero-order valence-electron chi connectivity index (χ0n) is 12.9. The molecular formula is C18H20O4S. The standard InChI is InChI=1S/C18H20O4S/c19-23(20,15-16-7-3-1-4-8-16)14-11-18(21-12-13-22-18)17-9-5-2-6-10-17/h1-10H,11-15H2. The highest BCUT2D eigenvalue weighted by Crippen LogP contribution is 2.35. The van der Waals surface area contributed by atoms with Crippen LogP contribution in [-0.2, 0) is 30.9 Å². The first-order chi connectivity index (χ1) is 11.1. The normalized spacial score (nSPS) is 17.2. The highest BCUT2D eigenvalue weighted by Gasteiger charge is 2.39. The molecule has 1 aliphatic heterocycles. The Morgan fingerprint density at radius 3 is 2.04 bits per heavy atom. The van der Waals surface area contributed by atoms with Gasteiger partial charge in [0.15, 0.2) is 15.6 Å². The van der Waals surface area contributed by atoms with Gasteiger partial charge in [0.2, 0.25) is 0 Å². The maximum absolute atomic E-state index is 12.4. The van der Waals surface area contributed by atoms with E-state index in [2.05, 4.69) is 0 Å². The van der Waals surface area contributed by atoms with Gasteiger partial charge in [0.1, 0.15) is 0 Å². The smallest absolute Gasteiger partial charge is 0.195 e. The summed E-state index contributed by atoms with van der Waals surface area (Å²) < 4.78 is 36.4. The van der Waals surface area contributed by atoms with Crippen molar-refractivity contribution in [1.29, 1.82) is 0 Å². The highest BCUT2D eigenvalue weighted by molar-refractivity contribution is 7.90. The SMILES string of the molecule is O=S(=O)(CCC1(c2ccccc2)OCCO1)Cc1ccccc1. The second-order valence-electron chi connectivity index (χ2n) is 5.64. The van der Waals surface area contributed by atoms with Crippen LogP contribution < -0.4 is 0 Å². The van der Waals surface area contributed by atoms with Crippen LogP contribution in [0.3, 0.4) is 0 Å². The van der Waals surface area contributed by atoms with Gasteiger partial charge in [-0.2, -0.15) is 0 Å². The number of hydrogen-bond donors (Lipinski definition) is 0. The van der Waals surface area contributed by atoms with Gasteiger partial charge in [0.05, 0.1) is 24.7 Å². The van der Waals surface area contributed by atoms with Crippen LogP contribution in [0.2, 0.25) is 0 Å². The quantitative estimate of drug-likeness (QED) is 0.816. The summed E-state index contributed by atoms with van der Waals surface area (Å²) in [5.41, 5.74) is 1.67. The van der Waals surface area contributed by atoms with Gasteiger partial charge < -0.3 is 9.47 Å². The molecule has 23 heavy (non-hydrogen) atoms. The predicted octanol–water partition coefficient (Wildman–Crippen LogP) is 2.89. The van der Waals surface area contributed by atoms with Gasteiger partial charge >= 0.3 is 0 Å². The van der Waals surface area contributed by atoms with Crippen LogP contribution in [0.15, 0.2) is 60.7 Å². The summed E-state index contributed by atoms with van der Waals surface area (Å²) in [6.45, 7) is 0.960. The lowest BCUT2D eigenvalue weighted by Gasteiger charge is -2.27. The molecule has 0 saturated carbocycles. The van der Waals surface area contributed by atoms with Crippen molar-refractivity contribution < 1.29 is 17.9 Å². The average molecular weight is 332 g/mol. The number of sulfone groups is 1. The summed E-state index contributed by atoms with van der Waals surface area (Å²) >= 11 is 0. The van der Waals surface area contributed by atoms with E-state index in [9.17, 15) is 8.42 Å². The molecule has 1 fully saturated rings. The van der Waals surface area contributed by atoms with Crippen molar-refractivity contribution in [3.05, 3.63) is 71.8 Å². The Hall–Kier alpha value is -1.69. The summed E-state index contributed by atoms with van der Waals surface area (Å²) in [4.78, 5) is 0. The summed E-state index contributed by atoms with van der Waals surface area (Å²) in [5.74, 6) is -0.874. The van der Waals surface area contributed by atoms with E-state index in [1.165, 1.54) is 0 Å². The minimum absolute atomic E-state index is 0.0246. The molecule has 5 heteroatoms. The first kappa shape index (κ1) is 16.2. The first-order valence-corrected chi connectivity index (χ1v) is 9.50. The molecule has 2 aromatic carbocycles. The lowest BCUT2D eigenvalue weighted by Crippen LogP contribution is -2.30. The van der Waals surface area contributed by atoms with Gasteiger partial charge in [-0.05, 0) is 5.56 Å². The minimum Gasteiger partial charge on any atom is -0.343 e. The molecule has 0 spiro atoms. The van der Waals surface area contributed by atoms with E-state index in [0.29, 0.717) is 19.6 Å². The van der Waals surface area contributed by atoms with Crippen molar-refractivity contribution in [2.45, 2.75) is 18.0 Å². The second kappa shape index (κ2) is 6.83. The molecule has 4 nitrogen and oxygen atoms in total. The van der Waals surface area contributed by atoms with Gasteiger partial charge in [0, 0.05) is 12.0 Å². The summed E-state index contributed by atoms with van der Waals surface area (Å²) in [6, 6.07) is 18.8. The number of ether oxygens (including phenoxy) is 2. The summed E-state index contributed by atoms with van der Waals surface area (Å²) in [7, 11) is -3.23. The highest BCUT2D eigenvalue weighted by atomic mass is 32.2. The fourth-order valence-corrected chi connectivity index (χ4v) is 4.22. The Kier molecular flexibility index (Phi) is 4.80. The van der Waals surface area contributed by atoms with Crippen molar-refractivity contribution >= 4 is 9.84 Å². The molecule has 0 atom stereocenters. The molecule has 2 aromatic rings. The number of hydrogen-bond acceptors (Lipinski definition) is 4. The van der Waals surface area contributed by atoms with Crippen molar-refractivity contribution in [1.82, 2.24) is 0 Å². The largest absolute Gasteiger partial charge is 0.343 e. The van der Waals surface area contributed by atoms with E-state index in [1.54, 1.807) is 0 Å². The fourth-order valence-electron chi connectivity index (χ4n) is 2.79. The van der Waals surface area contributed by atoms with Crippen LogP contribution in [0.1, 0.15) is 17.5 Å². The van der Waals surface area contributed by atoms with Crippen LogP contribution in [0, 0.1) is 0 Å². The zero-order chi connectivity index (χ0) is 16.2. The van der Waals surface area contributed by atoms with Crippen LogP contribution in [0.5, 0.6) is 0 Å². The molecule has 0 aliphatic carbocycles. The lowest BCUT2D eigenvalue weighted by molar-refractivity contribution is -0.166. The molecule has 0 radical (unpaired) electrons. The number of benzene rings is 2. The fraction of sp³-hybridized carbons (Fsp3) is 0.333. The Morgan fingerprint density at radius 2 is 1.43 bits per heavy atom. The van der Waals surface area contributed by atoms with Crippen molar-refractivity contribution in [3.8, 4) is 0 Å². The third-order valence-corrected chi connectivity index (χ3v) is 5.54. The minimum atomic E-state index is -3.23. The monoisotopic (exact) mass is 332 g/mol. The molecule has 0 unspecified atom stereocenters. The first-order valence-electron chi connectivity index (χ1n) is 7.67. The molecule has 1 aliphatic rings. The Labute approximate surface area is 137 Å². The van der Waals surface area contributed by atoms with Crippen LogP contribution in [-0.4, -0.2) is 27.4 Å². The second-order valence-corrected chi connectivity index (χ2v) is 7.83.